The molecule has 4 atom stereocenters. The predicted molar refractivity (Wildman–Crippen MR) is 619 cm³/mol. The van der Waals surface area contributed by atoms with E-state index in [1.165, 1.54) is 177 Å². The molecule has 4 radical (unpaired) electrons. The molecule has 148 heavy (non-hydrogen) atoms. The van der Waals surface area contributed by atoms with Crippen molar-refractivity contribution in [2.24, 2.45) is 35.5 Å². The van der Waals surface area contributed by atoms with Gasteiger partial charge in [0.2, 0.25) is 0 Å². The van der Waals surface area contributed by atoms with Crippen molar-refractivity contribution in [2.75, 3.05) is 0 Å². The Morgan fingerprint density at radius 1 is 0.284 bits per heavy atom. The molecule has 0 aliphatic rings. The zero-order valence-electron chi connectivity index (χ0n) is 96.9. The molecule has 4 unspecified atom stereocenters. The molecule has 12 rings (SSSR count). The van der Waals surface area contributed by atoms with E-state index < -0.39 is 24.4 Å². The van der Waals surface area contributed by atoms with E-state index in [2.05, 4.69) is 352 Å². The summed E-state index contributed by atoms with van der Waals surface area (Å²) in [6, 6.07) is 60.7. The molecule has 8 aromatic carbocycles. The topological polar surface area (TPSA) is 213 Å². The van der Waals surface area contributed by atoms with E-state index in [-0.39, 0.29) is 115 Å². The van der Waals surface area contributed by atoms with Gasteiger partial charge in [-0.15, -0.1) is 140 Å². The van der Waals surface area contributed by atoms with Gasteiger partial charge < -0.3 is 60.8 Å². The Balaban J connectivity index is 0.000000889. The molecule has 0 saturated carbocycles. The summed E-state index contributed by atoms with van der Waals surface area (Å²) in [5.74, 6) is 7.39. The smallest absolute Gasteiger partial charge is 0.0933 e. The van der Waals surface area contributed by atoms with E-state index >= 15 is 0 Å². The maximum Gasteiger partial charge on any atom is 0.0933 e. The molecular weight excluding hydrogens is 2540 g/mol. The number of allylic oxidation sites excluding steroid dienone is 4. The molecule has 4 heterocycles. The SMILES string of the molecule is CC(C)C(O)=CC(O)C(C)C.CC(C)Cc1ccc2c(-c3[c-]c(C(C)C)cc(C(C)C)c3)ncc(CC(C)C)c2c1.CC(C)c1[c-]c(-c2ncc(C(C)C)c3cc(C(C)C)ccc23)cc(C(C)C)c1.CC(O)=CC(C)O.CC(O)=CC(C)O.CC(O)=CC(C)O.CCc1[c-]c(-c2nccc3c(C(C)C)cc(C(C)C)cc23)cc(CC)c1.CCc1[c-]c(-c2nccc3c(CC(C)C)cc(CC(C)C)cc23)cc(CC)c1.[Ir].[Ir].[Ir].[Ir]. The van der Waals surface area contributed by atoms with Crippen molar-refractivity contribution in [1.82, 2.24) is 19.9 Å². The largest absolute Gasteiger partial charge is 0.513 e. The van der Waals surface area contributed by atoms with Gasteiger partial charge in [-0.3, -0.25) is 0 Å². The first kappa shape index (κ1) is 138. The van der Waals surface area contributed by atoms with Crippen LogP contribution >= 0.6 is 0 Å². The first-order chi connectivity index (χ1) is 67.5. The van der Waals surface area contributed by atoms with Crippen molar-refractivity contribution in [1.29, 1.82) is 0 Å². The Labute approximate surface area is 949 Å². The Morgan fingerprint density at radius 2 is 0.649 bits per heavy atom. The van der Waals surface area contributed by atoms with Crippen molar-refractivity contribution < 1.29 is 121 Å². The second-order valence-corrected chi connectivity index (χ2v) is 44.3. The molecule has 4 aromatic heterocycles. The third-order valence-corrected chi connectivity index (χ3v) is 25.1. The molecule has 0 bridgehead atoms. The zero-order valence-corrected chi connectivity index (χ0v) is 106. The average Bonchev–Trinajstić information content (AvgIpc) is 0.793. The van der Waals surface area contributed by atoms with E-state index in [0.29, 0.717) is 71.0 Å². The van der Waals surface area contributed by atoms with Gasteiger partial charge in [0.05, 0.1) is 47.5 Å². The average molecular weight is 2720 g/mol. The second kappa shape index (κ2) is 67.5. The van der Waals surface area contributed by atoms with Crippen LogP contribution in [0.3, 0.4) is 0 Å². The van der Waals surface area contributed by atoms with Crippen molar-refractivity contribution in [2.45, 2.75) is 386 Å². The number of benzene rings is 8. The molecule has 8 N–H and O–H groups in total. The van der Waals surface area contributed by atoms with Gasteiger partial charge in [-0.2, -0.15) is 0 Å². The summed E-state index contributed by atoms with van der Waals surface area (Å²) in [5.41, 5.74) is 30.5. The molecule has 16 heteroatoms. The van der Waals surface area contributed by atoms with Crippen LogP contribution in [0.15, 0.2) is 193 Å². The molecule has 0 spiro atoms. The number of aliphatic hydroxyl groups is 8. The standard InChI is InChI=1S/C29H38N.2C27H34N.C25H30N.C9H18O2.3C5H10O2.4Ir/c1-18(2)11-22-9-10-27-28(13-22)26(12-19(3)4)17-30-29(27)25-15-23(20(5)6)14-24(16-25)21(7)8;1-16(2)20-9-10-24-25(14-20)26(19(7)8)15-28-27(24)23-12-21(17(3)4)11-22(13-23)18(5)6;1-7-20-13-21(8-2)15-24(14-20)27-26-17-22(11-18(3)4)16-23(12-19(5)6)25(26)9-10-28-27;1-7-18-11-19(8-2)13-21(12-18)25-24-15-20(16(3)4)14-23(17(5)6)22(24)9-10-26-25;1-6(2)8(10)5-9(11)7(3)4;3*1-4(6)3-5(2)7;;;;/h9-10,13-15,17-21H,11-12H2,1-8H3;9-12,14-19H,1-8H3;9-10,13-14,16-19H,7-8,11-12H2,1-6H3;9-12,14-17H,7-8H2,1-6H3;5-8,10-11H,1-4H3;3*3-4,6-7H,1-2H3;;;;/q4*-1;;;;;;;;. The van der Waals surface area contributed by atoms with Gasteiger partial charge in [0, 0.05) is 111 Å². The van der Waals surface area contributed by atoms with Crippen molar-refractivity contribution in [3.63, 3.8) is 0 Å². The Morgan fingerprint density at radius 3 is 1.02 bits per heavy atom. The second-order valence-electron chi connectivity index (χ2n) is 44.3. The van der Waals surface area contributed by atoms with Gasteiger partial charge >= 0.3 is 0 Å². The van der Waals surface area contributed by atoms with E-state index in [1.807, 2.05) is 40.1 Å². The van der Waals surface area contributed by atoms with Crippen LogP contribution in [0.1, 0.15) is 399 Å². The number of aliphatic hydroxyl groups excluding tert-OH is 8. The molecule has 0 aliphatic heterocycles. The Hall–Kier alpha value is -8.00. The maximum absolute atomic E-state index is 9.31. The molecule has 12 aromatic rings. The van der Waals surface area contributed by atoms with Crippen LogP contribution in [0, 0.1) is 59.8 Å². The minimum absolute atomic E-state index is 0. The molecule has 0 saturated heterocycles. The first-order valence-corrected chi connectivity index (χ1v) is 53.7. The Bertz CT molecular complexity index is 6000. The van der Waals surface area contributed by atoms with Crippen LogP contribution in [-0.2, 0) is 132 Å². The van der Waals surface area contributed by atoms with E-state index in [0.717, 1.165) is 96.4 Å². The zero-order chi connectivity index (χ0) is 108. The summed E-state index contributed by atoms with van der Waals surface area (Å²) in [4.78, 5) is 19.6. The van der Waals surface area contributed by atoms with Crippen LogP contribution in [0.2, 0.25) is 0 Å². The summed E-state index contributed by atoms with van der Waals surface area (Å²) in [6.45, 7) is 80.2. The van der Waals surface area contributed by atoms with Crippen LogP contribution in [0.4, 0.5) is 0 Å². The van der Waals surface area contributed by atoms with Gasteiger partial charge in [-0.05, 0) is 317 Å². The Kier molecular flexibility index (Phi) is 63.0. The van der Waals surface area contributed by atoms with Gasteiger partial charge in [0.15, 0.2) is 0 Å². The monoisotopic (exact) mass is 2730 g/mol. The number of aromatic nitrogens is 4. The van der Waals surface area contributed by atoms with Crippen LogP contribution in [-0.4, -0.2) is 85.2 Å². The molecule has 0 amide bonds. The van der Waals surface area contributed by atoms with E-state index in [4.69, 9.17) is 50.6 Å². The van der Waals surface area contributed by atoms with E-state index in [9.17, 15) is 10.2 Å². The molecule has 12 nitrogen and oxygen atoms in total. The summed E-state index contributed by atoms with van der Waals surface area (Å²) < 4.78 is 0. The summed E-state index contributed by atoms with van der Waals surface area (Å²) >= 11 is 0. The summed E-state index contributed by atoms with van der Waals surface area (Å²) in [6.07, 6.45) is 20.0. The first-order valence-electron chi connectivity index (χ1n) is 53.7. The normalized spacial score (nSPS) is 12.6. The number of hydrogen-bond donors (Lipinski definition) is 8. The van der Waals surface area contributed by atoms with Gasteiger partial charge in [0.25, 0.3) is 0 Å². The minimum atomic E-state index is -0.537. The van der Waals surface area contributed by atoms with Gasteiger partial charge in [-0.1, -0.05) is 282 Å². The fraction of sp³-hybridized carbons (Fsp3) is 0.485. The van der Waals surface area contributed by atoms with E-state index in [1.54, 1.807) is 20.8 Å². The van der Waals surface area contributed by atoms with Crippen LogP contribution < -0.4 is 0 Å². The van der Waals surface area contributed by atoms with Crippen LogP contribution in [0.5, 0.6) is 0 Å². The molecule has 0 aliphatic carbocycles. The van der Waals surface area contributed by atoms with Gasteiger partial charge in [-0.25, -0.2) is 0 Å². The van der Waals surface area contributed by atoms with Crippen molar-refractivity contribution in [3.8, 4) is 45.0 Å². The van der Waals surface area contributed by atoms with Crippen molar-refractivity contribution >= 4 is 43.1 Å². The van der Waals surface area contributed by atoms with Gasteiger partial charge in [0.1, 0.15) is 0 Å². The number of fused-ring (bicyclic) bond motifs is 4. The number of hydrogen-bond acceptors (Lipinski definition) is 12. The third-order valence-electron chi connectivity index (χ3n) is 25.1. The number of aryl methyl sites for hydroxylation is 4. The van der Waals surface area contributed by atoms with Crippen molar-refractivity contribution in [3.05, 3.63) is 307 Å². The van der Waals surface area contributed by atoms with Crippen LogP contribution in [0.25, 0.3) is 88.1 Å². The third kappa shape index (κ3) is 45.0. The predicted octanol–water partition coefficient (Wildman–Crippen LogP) is 35.4. The summed E-state index contributed by atoms with van der Waals surface area (Å²) in [7, 11) is 0. The molecule has 820 valence electrons. The fourth-order valence-corrected chi connectivity index (χ4v) is 17.1. The number of nitrogens with zero attached hydrogens (tertiary/aromatic N) is 4. The molecular formula is C132H184Ir4N4O8-4. The fourth-order valence-electron chi connectivity index (χ4n) is 17.1. The summed E-state index contributed by atoms with van der Waals surface area (Å²) in [5, 5.41) is 79.7. The molecule has 0 fully saturated rings. The number of rotatable bonds is 30. The quantitative estimate of drug-likeness (QED) is 0.0156. The minimum Gasteiger partial charge on any atom is -0.513 e. The maximum atomic E-state index is 9.31. The number of pyridine rings is 4.